The van der Waals surface area contributed by atoms with E-state index in [1.807, 2.05) is 13.8 Å². The van der Waals surface area contributed by atoms with E-state index in [0.717, 1.165) is 5.69 Å². The summed E-state index contributed by atoms with van der Waals surface area (Å²) >= 11 is 0. The van der Waals surface area contributed by atoms with Gasteiger partial charge < -0.3 is 29.9 Å². The summed E-state index contributed by atoms with van der Waals surface area (Å²) in [6, 6.07) is 1.66. The number of aromatic nitrogens is 2. The summed E-state index contributed by atoms with van der Waals surface area (Å²) in [7, 11) is 0. The maximum Gasteiger partial charge on any atom is 0.235 e. The molecule has 1 aliphatic rings. The zero-order valence-electron chi connectivity index (χ0n) is 11.3. The number of ether oxygens (including phenoxy) is 2. The lowest BCUT2D eigenvalue weighted by molar-refractivity contribution is -0.278. The second-order valence-corrected chi connectivity index (χ2v) is 5.13. The van der Waals surface area contributed by atoms with Crippen LogP contribution in [0.2, 0.25) is 0 Å². The number of nitrogens with one attached hydrogen (secondary N) is 1. The Hall–Kier alpha value is -1.19. The molecule has 5 atom stereocenters. The van der Waals surface area contributed by atoms with Crippen LogP contribution in [0.4, 0.5) is 0 Å². The molecular formula is C12H20N2O6. The molecule has 5 N–H and O–H groups in total. The number of aliphatic hydroxyl groups is 4. The molecule has 0 spiro atoms. The Morgan fingerprint density at radius 3 is 2.55 bits per heavy atom. The first kappa shape index (κ1) is 15.2. The van der Waals surface area contributed by atoms with Gasteiger partial charge in [-0.25, -0.2) is 0 Å². The number of hydrogen-bond acceptors (Lipinski definition) is 7. The lowest BCUT2D eigenvalue weighted by Crippen LogP contribution is -2.60. The van der Waals surface area contributed by atoms with Crippen molar-refractivity contribution < 1.29 is 29.9 Å². The van der Waals surface area contributed by atoms with Crippen molar-refractivity contribution in [3.63, 3.8) is 0 Å². The van der Waals surface area contributed by atoms with E-state index >= 15 is 0 Å². The molecule has 0 radical (unpaired) electrons. The van der Waals surface area contributed by atoms with Crippen LogP contribution in [0.1, 0.15) is 25.5 Å². The van der Waals surface area contributed by atoms with Crippen molar-refractivity contribution in [3.05, 3.63) is 11.8 Å². The van der Waals surface area contributed by atoms with Gasteiger partial charge in [0.05, 0.1) is 6.61 Å². The Morgan fingerprint density at radius 1 is 1.30 bits per heavy atom. The van der Waals surface area contributed by atoms with E-state index < -0.39 is 37.3 Å². The molecule has 114 valence electrons. The van der Waals surface area contributed by atoms with Gasteiger partial charge in [0, 0.05) is 11.8 Å². The van der Waals surface area contributed by atoms with E-state index in [1.54, 1.807) is 6.07 Å². The van der Waals surface area contributed by atoms with Crippen molar-refractivity contribution in [1.82, 2.24) is 10.2 Å². The van der Waals surface area contributed by atoms with Gasteiger partial charge in [-0.3, -0.25) is 5.10 Å². The van der Waals surface area contributed by atoms with E-state index in [-0.39, 0.29) is 11.8 Å². The van der Waals surface area contributed by atoms with Gasteiger partial charge in [-0.2, -0.15) is 0 Å². The summed E-state index contributed by atoms with van der Waals surface area (Å²) in [5, 5.41) is 44.9. The van der Waals surface area contributed by atoms with Crippen LogP contribution in [0, 0.1) is 0 Å². The van der Waals surface area contributed by atoms with Crippen LogP contribution < -0.4 is 4.74 Å². The molecule has 0 amide bonds. The van der Waals surface area contributed by atoms with Crippen LogP contribution in [0.25, 0.3) is 0 Å². The highest BCUT2D eigenvalue weighted by atomic mass is 16.7. The molecule has 1 aliphatic heterocycles. The molecule has 1 saturated heterocycles. The van der Waals surface area contributed by atoms with Gasteiger partial charge in [0.2, 0.25) is 12.2 Å². The lowest BCUT2D eigenvalue weighted by Gasteiger charge is -2.39. The molecule has 0 aromatic carbocycles. The highest BCUT2D eigenvalue weighted by Gasteiger charge is 2.44. The third kappa shape index (κ3) is 2.94. The summed E-state index contributed by atoms with van der Waals surface area (Å²) in [5.41, 5.74) is 0.851. The summed E-state index contributed by atoms with van der Waals surface area (Å²) in [4.78, 5) is 0. The smallest absolute Gasteiger partial charge is 0.235 e. The first-order valence-corrected chi connectivity index (χ1v) is 6.46. The maximum atomic E-state index is 9.82. The van der Waals surface area contributed by atoms with Crippen molar-refractivity contribution >= 4 is 0 Å². The quantitative estimate of drug-likeness (QED) is 0.466. The summed E-state index contributed by atoms with van der Waals surface area (Å²) in [6.07, 6.45) is -6.52. The number of aromatic amines is 1. The highest BCUT2D eigenvalue weighted by molar-refractivity contribution is 5.17. The van der Waals surface area contributed by atoms with Crippen molar-refractivity contribution in [2.24, 2.45) is 0 Å². The number of hydrogen-bond donors (Lipinski definition) is 5. The summed E-state index contributed by atoms with van der Waals surface area (Å²) in [5.74, 6) is 0.438. The average Bonchev–Trinajstić information content (AvgIpc) is 2.88. The summed E-state index contributed by atoms with van der Waals surface area (Å²) in [6.45, 7) is 3.46. The molecule has 8 heteroatoms. The maximum absolute atomic E-state index is 9.82. The summed E-state index contributed by atoms with van der Waals surface area (Å²) < 4.78 is 10.6. The molecule has 2 rings (SSSR count). The van der Waals surface area contributed by atoms with Crippen LogP contribution in [0.3, 0.4) is 0 Å². The highest BCUT2D eigenvalue weighted by Crippen LogP contribution is 2.24. The Bertz CT molecular complexity index is 435. The normalized spacial score (nSPS) is 34.5. The molecule has 20 heavy (non-hydrogen) atoms. The minimum absolute atomic E-state index is 0.207. The van der Waals surface area contributed by atoms with Gasteiger partial charge in [-0.05, 0) is 5.92 Å². The van der Waals surface area contributed by atoms with Gasteiger partial charge in [0.25, 0.3) is 0 Å². The first-order valence-electron chi connectivity index (χ1n) is 6.46. The monoisotopic (exact) mass is 288 g/mol. The molecule has 1 aromatic heterocycles. The Kier molecular flexibility index (Phi) is 4.61. The van der Waals surface area contributed by atoms with E-state index in [1.165, 1.54) is 0 Å². The molecule has 0 saturated carbocycles. The molecule has 8 nitrogen and oxygen atoms in total. The minimum Gasteiger partial charge on any atom is -0.444 e. The molecule has 0 unspecified atom stereocenters. The van der Waals surface area contributed by atoms with Gasteiger partial charge in [-0.1, -0.05) is 13.8 Å². The third-order valence-corrected chi connectivity index (χ3v) is 3.28. The fourth-order valence-electron chi connectivity index (χ4n) is 1.96. The Balaban J connectivity index is 2.07. The average molecular weight is 288 g/mol. The standard InChI is InChI=1S/C12H20N2O6/c1-5(2)6-3-8(14-13-6)20-12-11(18)10(17)9(16)7(4-15)19-12/h3,5,7,9-12,15-18H,4H2,1-2H3,(H,13,14)/t7-,9-,10+,11-,12+/m1/s1. The predicted molar refractivity (Wildman–Crippen MR) is 67.1 cm³/mol. The van der Waals surface area contributed by atoms with Crippen LogP contribution in [-0.2, 0) is 4.74 Å². The number of nitrogens with zero attached hydrogens (tertiary/aromatic N) is 1. The number of aliphatic hydroxyl groups excluding tert-OH is 4. The molecule has 2 heterocycles. The third-order valence-electron chi connectivity index (χ3n) is 3.28. The fourth-order valence-corrected chi connectivity index (χ4v) is 1.96. The van der Waals surface area contributed by atoms with Crippen molar-refractivity contribution in [2.45, 2.75) is 50.5 Å². The van der Waals surface area contributed by atoms with Crippen LogP contribution in [0.15, 0.2) is 6.07 Å². The van der Waals surface area contributed by atoms with E-state index in [9.17, 15) is 15.3 Å². The molecule has 1 fully saturated rings. The number of H-pyrrole nitrogens is 1. The second kappa shape index (κ2) is 6.06. The van der Waals surface area contributed by atoms with Crippen molar-refractivity contribution in [1.29, 1.82) is 0 Å². The van der Waals surface area contributed by atoms with Crippen LogP contribution in [0.5, 0.6) is 5.88 Å². The fraction of sp³-hybridized carbons (Fsp3) is 0.750. The van der Waals surface area contributed by atoms with Gasteiger partial charge in [0.15, 0.2) is 0 Å². The van der Waals surface area contributed by atoms with Gasteiger partial charge >= 0.3 is 0 Å². The molecular weight excluding hydrogens is 268 g/mol. The second-order valence-electron chi connectivity index (χ2n) is 5.13. The molecule has 0 aliphatic carbocycles. The van der Waals surface area contributed by atoms with Crippen LogP contribution in [-0.4, -0.2) is 67.9 Å². The Labute approximate surface area is 116 Å². The first-order chi connectivity index (χ1) is 9.43. The Morgan fingerprint density at radius 2 is 2.00 bits per heavy atom. The van der Waals surface area contributed by atoms with Gasteiger partial charge in [-0.15, -0.1) is 5.10 Å². The van der Waals surface area contributed by atoms with Crippen LogP contribution >= 0.6 is 0 Å². The topological polar surface area (TPSA) is 128 Å². The largest absolute Gasteiger partial charge is 0.444 e. The van der Waals surface area contributed by atoms with Crippen molar-refractivity contribution in [2.75, 3.05) is 6.61 Å². The minimum atomic E-state index is -1.46. The van der Waals surface area contributed by atoms with E-state index in [2.05, 4.69) is 10.2 Å². The SMILES string of the molecule is CC(C)c1cc(O[C@@H]2O[C@H](CO)[C@@H](O)[C@H](O)[C@H]2O)n[nH]1. The molecule has 1 aromatic rings. The molecule has 0 bridgehead atoms. The zero-order valence-corrected chi connectivity index (χ0v) is 11.3. The zero-order chi connectivity index (χ0) is 14.9. The van der Waals surface area contributed by atoms with Gasteiger partial charge in [0.1, 0.15) is 24.4 Å². The number of rotatable bonds is 4. The lowest BCUT2D eigenvalue weighted by atomic mass is 9.99. The van der Waals surface area contributed by atoms with E-state index in [4.69, 9.17) is 14.6 Å². The van der Waals surface area contributed by atoms with Crippen molar-refractivity contribution in [3.8, 4) is 5.88 Å². The van der Waals surface area contributed by atoms with E-state index in [0.29, 0.717) is 0 Å². The predicted octanol–water partition coefficient (Wildman–Crippen LogP) is -1.29.